The summed E-state index contributed by atoms with van der Waals surface area (Å²) in [5.41, 5.74) is 6.74. The Morgan fingerprint density at radius 3 is 2.73 bits per heavy atom. The fourth-order valence-corrected chi connectivity index (χ4v) is 1.34. The smallest absolute Gasteiger partial charge is 0.0717 e. The molecule has 0 radical (unpaired) electrons. The van der Waals surface area contributed by atoms with Crippen molar-refractivity contribution in [2.24, 2.45) is 11.1 Å². The summed E-state index contributed by atoms with van der Waals surface area (Å²) < 4.78 is 5.59. The van der Waals surface area contributed by atoms with Crippen molar-refractivity contribution in [1.29, 1.82) is 0 Å². The summed E-state index contributed by atoms with van der Waals surface area (Å²) >= 11 is 5.87. The molecule has 84 valence electrons. The van der Waals surface area contributed by atoms with Gasteiger partial charge in [-0.25, -0.2) is 0 Å². The predicted molar refractivity (Wildman–Crippen MR) is 63.9 cm³/mol. The van der Waals surface area contributed by atoms with Crippen LogP contribution in [-0.2, 0) is 11.3 Å². The van der Waals surface area contributed by atoms with Gasteiger partial charge in [0.05, 0.1) is 13.2 Å². The third kappa shape index (κ3) is 4.65. The molecule has 0 atom stereocenters. The Kier molecular flexibility index (Phi) is 4.58. The highest BCUT2D eigenvalue weighted by atomic mass is 35.5. The minimum absolute atomic E-state index is 0.0403. The maximum atomic E-state index is 5.87. The lowest BCUT2D eigenvalue weighted by atomic mass is 9.95. The van der Waals surface area contributed by atoms with E-state index in [1.807, 2.05) is 24.3 Å². The molecule has 3 heteroatoms. The zero-order chi connectivity index (χ0) is 11.3. The van der Waals surface area contributed by atoms with Crippen molar-refractivity contribution in [3.8, 4) is 0 Å². The fourth-order valence-electron chi connectivity index (χ4n) is 1.13. The summed E-state index contributed by atoms with van der Waals surface area (Å²) in [5, 5.41) is 0.745. The number of hydrogen-bond acceptors (Lipinski definition) is 2. The summed E-state index contributed by atoms with van der Waals surface area (Å²) in [6.45, 7) is 6.05. The van der Waals surface area contributed by atoms with Gasteiger partial charge in [-0.2, -0.15) is 0 Å². The number of benzene rings is 1. The first-order chi connectivity index (χ1) is 7.03. The van der Waals surface area contributed by atoms with Gasteiger partial charge in [0.1, 0.15) is 0 Å². The van der Waals surface area contributed by atoms with Gasteiger partial charge in [-0.15, -0.1) is 0 Å². The van der Waals surface area contributed by atoms with Crippen LogP contribution >= 0.6 is 11.6 Å². The highest BCUT2D eigenvalue weighted by molar-refractivity contribution is 6.30. The average molecular weight is 228 g/mol. The summed E-state index contributed by atoms with van der Waals surface area (Å²) in [6.07, 6.45) is 0. The second kappa shape index (κ2) is 5.50. The molecule has 0 fully saturated rings. The van der Waals surface area contributed by atoms with E-state index in [1.165, 1.54) is 0 Å². The molecule has 1 rings (SSSR count). The van der Waals surface area contributed by atoms with Crippen LogP contribution in [0.3, 0.4) is 0 Å². The molecule has 0 aliphatic carbocycles. The van der Waals surface area contributed by atoms with Crippen LogP contribution in [0.1, 0.15) is 19.4 Å². The van der Waals surface area contributed by atoms with Gasteiger partial charge in [0.15, 0.2) is 0 Å². The first-order valence-electron chi connectivity index (χ1n) is 5.06. The molecule has 1 aromatic rings. The van der Waals surface area contributed by atoms with Crippen molar-refractivity contribution < 1.29 is 4.74 Å². The second-order valence-electron chi connectivity index (χ2n) is 4.49. The summed E-state index contributed by atoms with van der Waals surface area (Å²) in [5.74, 6) is 0. The molecule has 2 N–H and O–H groups in total. The Bertz CT molecular complexity index is 312. The fraction of sp³-hybridized carbons (Fsp3) is 0.500. The van der Waals surface area contributed by atoms with E-state index < -0.39 is 0 Å². The van der Waals surface area contributed by atoms with E-state index in [0.29, 0.717) is 19.8 Å². The minimum Gasteiger partial charge on any atom is -0.376 e. The molecule has 0 unspecified atom stereocenters. The SMILES string of the molecule is CC(C)(CN)COCc1cccc(Cl)c1. The van der Waals surface area contributed by atoms with E-state index in [2.05, 4.69) is 13.8 Å². The van der Waals surface area contributed by atoms with Gasteiger partial charge in [0.25, 0.3) is 0 Å². The van der Waals surface area contributed by atoms with Crippen LogP contribution in [0.25, 0.3) is 0 Å². The highest BCUT2D eigenvalue weighted by Crippen LogP contribution is 2.15. The molecule has 2 nitrogen and oxygen atoms in total. The average Bonchev–Trinajstić information content (AvgIpc) is 2.18. The Labute approximate surface area is 96.4 Å². The molecular formula is C12H18ClNO. The van der Waals surface area contributed by atoms with Crippen LogP contribution in [0.2, 0.25) is 5.02 Å². The van der Waals surface area contributed by atoms with Crippen molar-refractivity contribution in [2.75, 3.05) is 13.2 Å². The van der Waals surface area contributed by atoms with E-state index >= 15 is 0 Å². The molecule has 0 bridgehead atoms. The number of halogens is 1. The monoisotopic (exact) mass is 227 g/mol. The first kappa shape index (κ1) is 12.5. The van der Waals surface area contributed by atoms with E-state index in [0.717, 1.165) is 10.6 Å². The molecule has 15 heavy (non-hydrogen) atoms. The maximum Gasteiger partial charge on any atom is 0.0717 e. The Hall–Kier alpha value is -0.570. The minimum atomic E-state index is 0.0403. The molecule has 0 spiro atoms. The van der Waals surface area contributed by atoms with E-state index in [1.54, 1.807) is 0 Å². The zero-order valence-electron chi connectivity index (χ0n) is 9.29. The first-order valence-corrected chi connectivity index (χ1v) is 5.43. The van der Waals surface area contributed by atoms with E-state index in [4.69, 9.17) is 22.1 Å². The Morgan fingerprint density at radius 2 is 2.13 bits per heavy atom. The van der Waals surface area contributed by atoms with Crippen molar-refractivity contribution in [3.63, 3.8) is 0 Å². The van der Waals surface area contributed by atoms with Crippen LogP contribution < -0.4 is 5.73 Å². The van der Waals surface area contributed by atoms with Gasteiger partial charge < -0.3 is 10.5 Å². The zero-order valence-corrected chi connectivity index (χ0v) is 10.1. The van der Waals surface area contributed by atoms with Gasteiger partial charge in [-0.3, -0.25) is 0 Å². The number of rotatable bonds is 5. The van der Waals surface area contributed by atoms with Crippen LogP contribution in [0.4, 0.5) is 0 Å². The standard InChI is InChI=1S/C12H18ClNO/c1-12(2,8-14)9-15-7-10-4-3-5-11(13)6-10/h3-6H,7-9,14H2,1-2H3. The molecule has 0 heterocycles. The van der Waals surface area contributed by atoms with Crippen molar-refractivity contribution >= 4 is 11.6 Å². The van der Waals surface area contributed by atoms with Gasteiger partial charge >= 0.3 is 0 Å². The van der Waals surface area contributed by atoms with Gasteiger partial charge in [-0.05, 0) is 24.2 Å². The van der Waals surface area contributed by atoms with Gasteiger partial charge in [0.2, 0.25) is 0 Å². The van der Waals surface area contributed by atoms with Crippen LogP contribution in [0.15, 0.2) is 24.3 Å². The summed E-state index contributed by atoms with van der Waals surface area (Å²) in [7, 11) is 0. The van der Waals surface area contributed by atoms with Gasteiger partial charge in [0, 0.05) is 10.4 Å². The topological polar surface area (TPSA) is 35.2 Å². The lowest BCUT2D eigenvalue weighted by molar-refractivity contribution is 0.0553. The molecule has 0 aliphatic heterocycles. The molecule has 0 aliphatic rings. The van der Waals surface area contributed by atoms with Gasteiger partial charge in [-0.1, -0.05) is 37.6 Å². The van der Waals surface area contributed by atoms with Crippen molar-refractivity contribution in [1.82, 2.24) is 0 Å². The molecule has 0 saturated carbocycles. The van der Waals surface area contributed by atoms with Crippen molar-refractivity contribution in [2.45, 2.75) is 20.5 Å². The molecule has 0 amide bonds. The number of ether oxygens (including phenoxy) is 1. The molecular weight excluding hydrogens is 210 g/mol. The van der Waals surface area contributed by atoms with Crippen molar-refractivity contribution in [3.05, 3.63) is 34.9 Å². The Morgan fingerprint density at radius 1 is 1.40 bits per heavy atom. The van der Waals surface area contributed by atoms with Crippen LogP contribution in [-0.4, -0.2) is 13.2 Å². The molecule has 0 saturated heterocycles. The van der Waals surface area contributed by atoms with Crippen LogP contribution in [0, 0.1) is 5.41 Å². The van der Waals surface area contributed by atoms with E-state index in [9.17, 15) is 0 Å². The maximum absolute atomic E-state index is 5.87. The summed E-state index contributed by atoms with van der Waals surface area (Å²) in [4.78, 5) is 0. The molecule has 1 aromatic carbocycles. The molecule has 0 aromatic heterocycles. The van der Waals surface area contributed by atoms with E-state index in [-0.39, 0.29) is 5.41 Å². The lowest BCUT2D eigenvalue weighted by Crippen LogP contribution is -2.28. The highest BCUT2D eigenvalue weighted by Gasteiger charge is 2.15. The lowest BCUT2D eigenvalue weighted by Gasteiger charge is -2.21. The summed E-state index contributed by atoms with van der Waals surface area (Å²) in [6, 6.07) is 7.70. The third-order valence-corrected chi connectivity index (χ3v) is 2.44. The normalized spacial score (nSPS) is 11.7. The third-order valence-electron chi connectivity index (χ3n) is 2.20. The van der Waals surface area contributed by atoms with Crippen LogP contribution in [0.5, 0.6) is 0 Å². The quantitative estimate of drug-likeness (QED) is 0.840. The Balaban J connectivity index is 2.38. The largest absolute Gasteiger partial charge is 0.376 e. The predicted octanol–water partition coefficient (Wildman–Crippen LogP) is 2.84. The number of nitrogens with two attached hydrogens (primary N) is 1. The number of hydrogen-bond donors (Lipinski definition) is 1. The second-order valence-corrected chi connectivity index (χ2v) is 4.93.